The molecule has 0 aliphatic rings. The largest absolute Gasteiger partial charge is 0.381 e. The Bertz CT molecular complexity index is 379. The summed E-state index contributed by atoms with van der Waals surface area (Å²) in [5.74, 6) is 1.96. The molecule has 0 saturated heterocycles. The van der Waals surface area contributed by atoms with Crippen LogP contribution in [0.2, 0.25) is 0 Å². The van der Waals surface area contributed by atoms with Crippen LogP contribution < -0.4 is 5.32 Å². The monoisotopic (exact) mass is 257 g/mol. The number of rotatable bonds is 6. The minimum Gasteiger partial charge on any atom is -0.381 e. The van der Waals surface area contributed by atoms with E-state index in [2.05, 4.69) is 10.4 Å². The highest BCUT2D eigenvalue weighted by Gasteiger charge is 2.08. The van der Waals surface area contributed by atoms with E-state index >= 15 is 0 Å². The average Bonchev–Trinajstić information content (AvgIpc) is 2.57. The standard InChI is InChI=1S/C11H19N3O2S/c1-8-5-10(14(3)13-8)12-11(15)7-17-6-9(2)16-4/h5,9H,6-7H2,1-4H3,(H,12,15)/t9-/m1/s1. The van der Waals surface area contributed by atoms with Gasteiger partial charge in [0.05, 0.1) is 17.6 Å². The summed E-state index contributed by atoms with van der Waals surface area (Å²) in [6.07, 6.45) is 0.173. The van der Waals surface area contributed by atoms with E-state index in [0.717, 1.165) is 17.3 Å². The van der Waals surface area contributed by atoms with Crippen LogP contribution in [-0.4, -0.2) is 40.4 Å². The first kappa shape index (κ1) is 14.1. The smallest absolute Gasteiger partial charge is 0.235 e. The van der Waals surface area contributed by atoms with Gasteiger partial charge in [0.2, 0.25) is 5.91 Å². The Morgan fingerprint density at radius 3 is 2.94 bits per heavy atom. The van der Waals surface area contributed by atoms with Crippen molar-refractivity contribution in [3.8, 4) is 0 Å². The lowest BCUT2D eigenvalue weighted by atomic mass is 10.4. The molecule has 0 aliphatic carbocycles. The minimum atomic E-state index is -0.0127. The number of carbonyl (C=O) groups is 1. The number of methoxy groups -OCH3 is 1. The minimum absolute atomic E-state index is 0.0127. The summed E-state index contributed by atoms with van der Waals surface area (Å²) >= 11 is 1.56. The molecule has 1 aromatic rings. The van der Waals surface area contributed by atoms with Crippen LogP contribution in [0.15, 0.2) is 6.07 Å². The van der Waals surface area contributed by atoms with Crippen molar-refractivity contribution in [1.82, 2.24) is 9.78 Å². The SMILES string of the molecule is CO[C@H](C)CSCC(=O)Nc1cc(C)nn1C. The van der Waals surface area contributed by atoms with Crippen molar-refractivity contribution in [3.05, 3.63) is 11.8 Å². The molecule has 5 nitrogen and oxygen atoms in total. The molecule has 1 N–H and O–H groups in total. The normalized spacial score (nSPS) is 12.5. The zero-order chi connectivity index (χ0) is 12.8. The summed E-state index contributed by atoms with van der Waals surface area (Å²) in [6.45, 7) is 3.88. The second-order valence-electron chi connectivity index (χ2n) is 3.90. The van der Waals surface area contributed by atoms with E-state index in [1.165, 1.54) is 0 Å². The number of ether oxygens (including phenoxy) is 1. The molecule has 0 radical (unpaired) electrons. The molecule has 1 amide bonds. The Morgan fingerprint density at radius 1 is 1.71 bits per heavy atom. The van der Waals surface area contributed by atoms with Gasteiger partial charge in [-0.15, -0.1) is 11.8 Å². The molecule has 0 spiro atoms. The second kappa shape index (κ2) is 6.66. The molecule has 1 aromatic heterocycles. The molecule has 0 saturated carbocycles. The Balaban J connectivity index is 2.32. The van der Waals surface area contributed by atoms with Crippen molar-refractivity contribution < 1.29 is 9.53 Å². The van der Waals surface area contributed by atoms with E-state index in [-0.39, 0.29) is 12.0 Å². The number of nitrogens with zero attached hydrogens (tertiary/aromatic N) is 2. The molecule has 0 bridgehead atoms. The fourth-order valence-electron chi connectivity index (χ4n) is 1.29. The summed E-state index contributed by atoms with van der Waals surface area (Å²) in [7, 11) is 3.48. The van der Waals surface area contributed by atoms with Crippen LogP contribution >= 0.6 is 11.8 Å². The van der Waals surface area contributed by atoms with E-state index in [4.69, 9.17) is 4.74 Å². The van der Waals surface area contributed by atoms with Gasteiger partial charge in [-0.1, -0.05) is 0 Å². The highest BCUT2D eigenvalue weighted by molar-refractivity contribution is 8.00. The molecule has 17 heavy (non-hydrogen) atoms. The van der Waals surface area contributed by atoms with Gasteiger partial charge >= 0.3 is 0 Å². The number of thioether (sulfide) groups is 1. The first-order chi connectivity index (χ1) is 8.02. The average molecular weight is 257 g/mol. The zero-order valence-corrected chi connectivity index (χ0v) is 11.5. The van der Waals surface area contributed by atoms with Crippen molar-refractivity contribution >= 4 is 23.5 Å². The van der Waals surface area contributed by atoms with Crippen molar-refractivity contribution in [2.75, 3.05) is 23.9 Å². The summed E-state index contributed by atoms with van der Waals surface area (Å²) in [5, 5.41) is 6.98. The Hall–Kier alpha value is -1.01. The maximum Gasteiger partial charge on any atom is 0.235 e. The zero-order valence-electron chi connectivity index (χ0n) is 10.7. The third kappa shape index (κ3) is 4.79. The van der Waals surface area contributed by atoms with E-state index in [1.807, 2.05) is 27.0 Å². The second-order valence-corrected chi connectivity index (χ2v) is 4.93. The number of hydrogen-bond donors (Lipinski definition) is 1. The lowest BCUT2D eigenvalue weighted by molar-refractivity contribution is -0.113. The number of aromatic nitrogens is 2. The lowest BCUT2D eigenvalue weighted by Crippen LogP contribution is -2.18. The number of anilines is 1. The Labute approximate surface area is 106 Å². The summed E-state index contributed by atoms with van der Waals surface area (Å²) in [5.41, 5.74) is 0.892. The quantitative estimate of drug-likeness (QED) is 0.837. The molecular formula is C11H19N3O2S. The first-order valence-electron chi connectivity index (χ1n) is 5.44. The van der Waals surface area contributed by atoms with Gasteiger partial charge in [-0.05, 0) is 13.8 Å². The first-order valence-corrected chi connectivity index (χ1v) is 6.59. The third-order valence-electron chi connectivity index (χ3n) is 2.26. The highest BCUT2D eigenvalue weighted by atomic mass is 32.2. The van der Waals surface area contributed by atoms with Gasteiger partial charge in [0, 0.05) is 26.0 Å². The lowest BCUT2D eigenvalue weighted by Gasteiger charge is -2.08. The maximum atomic E-state index is 11.6. The van der Waals surface area contributed by atoms with E-state index in [1.54, 1.807) is 23.6 Å². The van der Waals surface area contributed by atoms with Gasteiger partial charge in [-0.25, -0.2) is 0 Å². The number of hydrogen-bond acceptors (Lipinski definition) is 4. The predicted molar refractivity (Wildman–Crippen MR) is 70.4 cm³/mol. The molecule has 96 valence electrons. The topological polar surface area (TPSA) is 56.1 Å². The summed E-state index contributed by atoms with van der Waals surface area (Å²) < 4.78 is 6.77. The van der Waals surface area contributed by atoms with Crippen LogP contribution in [0.4, 0.5) is 5.82 Å². The summed E-state index contributed by atoms with van der Waals surface area (Å²) in [6, 6.07) is 1.85. The molecular weight excluding hydrogens is 238 g/mol. The van der Waals surface area contributed by atoms with Crippen molar-refractivity contribution in [2.45, 2.75) is 20.0 Å². The predicted octanol–water partition coefficient (Wildman–Crippen LogP) is 1.44. The fourth-order valence-corrected chi connectivity index (χ4v) is 2.14. The number of carbonyl (C=O) groups excluding carboxylic acids is 1. The van der Waals surface area contributed by atoms with Crippen molar-refractivity contribution in [3.63, 3.8) is 0 Å². The van der Waals surface area contributed by atoms with Gasteiger partial charge in [-0.2, -0.15) is 5.10 Å². The number of nitrogens with one attached hydrogen (secondary N) is 1. The van der Waals surface area contributed by atoms with Crippen LogP contribution in [0.1, 0.15) is 12.6 Å². The van der Waals surface area contributed by atoms with Crippen LogP contribution in [0.25, 0.3) is 0 Å². The maximum absolute atomic E-state index is 11.6. The molecule has 6 heteroatoms. The molecule has 1 atom stereocenters. The number of amides is 1. The molecule has 1 rings (SSSR count). The summed E-state index contributed by atoms with van der Waals surface area (Å²) in [4.78, 5) is 11.6. The molecule has 0 aliphatic heterocycles. The van der Waals surface area contributed by atoms with E-state index in [0.29, 0.717) is 5.75 Å². The molecule has 0 unspecified atom stereocenters. The Morgan fingerprint density at radius 2 is 2.41 bits per heavy atom. The molecule has 0 fully saturated rings. The third-order valence-corrected chi connectivity index (χ3v) is 3.43. The van der Waals surface area contributed by atoms with Gasteiger partial charge in [0.1, 0.15) is 5.82 Å². The highest BCUT2D eigenvalue weighted by Crippen LogP contribution is 2.10. The molecule has 0 aromatic carbocycles. The Kier molecular flexibility index (Phi) is 5.50. The number of aryl methyl sites for hydroxylation is 2. The van der Waals surface area contributed by atoms with Crippen LogP contribution in [0.5, 0.6) is 0 Å². The van der Waals surface area contributed by atoms with Crippen LogP contribution in [-0.2, 0) is 16.6 Å². The van der Waals surface area contributed by atoms with Gasteiger partial charge in [0.25, 0.3) is 0 Å². The van der Waals surface area contributed by atoms with E-state index in [9.17, 15) is 4.79 Å². The van der Waals surface area contributed by atoms with E-state index < -0.39 is 0 Å². The molecule has 1 heterocycles. The van der Waals surface area contributed by atoms with Crippen molar-refractivity contribution in [1.29, 1.82) is 0 Å². The van der Waals surface area contributed by atoms with Gasteiger partial charge in [-0.3, -0.25) is 9.48 Å². The van der Waals surface area contributed by atoms with Crippen molar-refractivity contribution in [2.24, 2.45) is 7.05 Å². The fraction of sp³-hybridized carbons (Fsp3) is 0.636. The van der Waals surface area contributed by atoms with Crippen LogP contribution in [0, 0.1) is 6.92 Å². The van der Waals surface area contributed by atoms with Gasteiger partial charge < -0.3 is 10.1 Å². The van der Waals surface area contributed by atoms with Crippen LogP contribution in [0.3, 0.4) is 0 Å². The van der Waals surface area contributed by atoms with Gasteiger partial charge in [0.15, 0.2) is 0 Å².